The summed E-state index contributed by atoms with van der Waals surface area (Å²) in [4.78, 5) is 14.5. The molecule has 2 aromatic rings. The number of hydrogen-bond acceptors (Lipinski definition) is 2. The Labute approximate surface area is 175 Å². The van der Waals surface area contributed by atoms with Gasteiger partial charge in [-0.2, -0.15) is 0 Å². The molecule has 5 atom stereocenters. The summed E-state index contributed by atoms with van der Waals surface area (Å²) in [6.45, 7) is 0.989. The number of halogens is 1. The van der Waals surface area contributed by atoms with Crippen molar-refractivity contribution >= 4 is 23.3 Å². The lowest BCUT2D eigenvalue weighted by molar-refractivity contribution is 0.0696. The van der Waals surface area contributed by atoms with E-state index in [1.54, 1.807) is 0 Å². The van der Waals surface area contributed by atoms with Crippen LogP contribution in [-0.4, -0.2) is 17.6 Å². The Morgan fingerprint density at radius 1 is 1.00 bits per heavy atom. The van der Waals surface area contributed by atoms with Crippen LogP contribution in [0.1, 0.15) is 57.8 Å². The average molecular weight is 404 g/mol. The van der Waals surface area contributed by atoms with E-state index in [9.17, 15) is 9.90 Å². The van der Waals surface area contributed by atoms with Gasteiger partial charge in [-0.1, -0.05) is 54.1 Å². The number of nitrogens with zero attached hydrogens (tertiary/aromatic N) is 1. The van der Waals surface area contributed by atoms with Crippen molar-refractivity contribution in [1.29, 1.82) is 0 Å². The Kier molecular flexibility index (Phi) is 3.73. The number of carbonyl (C=O) groups is 1. The van der Waals surface area contributed by atoms with Gasteiger partial charge >= 0.3 is 5.97 Å². The molecule has 0 bridgehead atoms. The van der Waals surface area contributed by atoms with Gasteiger partial charge in [0.1, 0.15) is 0 Å². The third-order valence-corrected chi connectivity index (χ3v) is 7.66. The van der Waals surface area contributed by atoms with Crippen molar-refractivity contribution in [3.05, 3.63) is 88.0 Å². The Balaban J connectivity index is 1.62. The van der Waals surface area contributed by atoms with Crippen molar-refractivity contribution in [3.8, 4) is 0 Å². The zero-order valence-electron chi connectivity index (χ0n) is 16.0. The van der Waals surface area contributed by atoms with Crippen molar-refractivity contribution in [2.45, 2.75) is 30.7 Å². The third kappa shape index (κ3) is 2.40. The highest BCUT2D eigenvalue weighted by Gasteiger charge is 2.48. The highest BCUT2D eigenvalue weighted by Crippen LogP contribution is 2.59. The van der Waals surface area contributed by atoms with Gasteiger partial charge in [-0.15, -0.1) is 0 Å². The number of benzene rings is 2. The fourth-order valence-corrected chi connectivity index (χ4v) is 6.41. The van der Waals surface area contributed by atoms with Gasteiger partial charge < -0.3 is 10.0 Å². The number of allylic oxidation sites excluding steroid dienone is 4. The number of rotatable bonds is 2. The molecule has 6 rings (SSSR count). The van der Waals surface area contributed by atoms with Gasteiger partial charge in [-0.3, -0.25) is 0 Å². The zero-order chi connectivity index (χ0) is 19.7. The number of carboxylic acid groups (broad SMARTS) is 1. The molecule has 2 heterocycles. The average Bonchev–Trinajstić information content (AvgIpc) is 3.38. The van der Waals surface area contributed by atoms with Crippen LogP contribution in [0.15, 0.2) is 60.7 Å². The van der Waals surface area contributed by atoms with E-state index in [-0.39, 0.29) is 12.0 Å². The summed E-state index contributed by atoms with van der Waals surface area (Å²) in [5.41, 5.74) is 5.22. The fourth-order valence-electron chi connectivity index (χ4n) is 6.17. The van der Waals surface area contributed by atoms with Gasteiger partial charge in [0, 0.05) is 29.1 Å². The number of aromatic carboxylic acids is 1. The molecule has 0 saturated carbocycles. The fraction of sp³-hybridized carbons (Fsp3) is 0.320. The lowest BCUT2D eigenvalue weighted by atomic mass is 9.70. The van der Waals surface area contributed by atoms with Crippen molar-refractivity contribution in [2.75, 3.05) is 11.4 Å². The minimum absolute atomic E-state index is 0.215. The monoisotopic (exact) mass is 403 g/mol. The molecule has 0 unspecified atom stereocenters. The summed E-state index contributed by atoms with van der Waals surface area (Å²) in [5.74, 6) is 0.586. The molecule has 29 heavy (non-hydrogen) atoms. The van der Waals surface area contributed by atoms with Crippen LogP contribution >= 0.6 is 11.6 Å². The van der Waals surface area contributed by atoms with Crippen LogP contribution in [0.2, 0.25) is 5.02 Å². The van der Waals surface area contributed by atoms with Gasteiger partial charge in [0.15, 0.2) is 0 Å². The van der Waals surface area contributed by atoms with E-state index in [4.69, 9.17) is 11.6 Å². The molecule has 0 spiro atoms. The summed E-state index contributed by atoms with van der Waals surface area (Å²) in [6.07, 6.45) is 11.1. The zero-order valence-corrected chi connectivity index (χ0v) is 16.7. The Morgan fingerprint density at radius 2 is 1.72 bits per heavy atom. The van der Waals surface area contributed by atoms with Crippen molar-refractivity contribution < 1.29 is 9.90 Å². The lowest BCUT2D eigenvalue weighted by Crippen LogP contribution is -2.46. The summed E-state index contributed by atoms with van der Waals surface area (Å²) in [5, 5.41) is 10.6. The van der Waals surface area contributed by atoms with Crippen LogP contribution in [0.25, 0.3) is 0 Å². The van der Waals surface area contributed by atoms with E-state index in [1.807, 2.05) is 24.3 Å². The van der Waals surface area contributed by atoms with Gasteiger partial charge in [0.2, 0.25) is 0 Å². The molecule has 0 amide bonds. The molecule has 0 radical (unpaired) electrons. The second-order valence-corrected chi connectivity index (χ2v) is 9.14. The Morgan fingerprint density at radius 3 is 2.52 bits per heavy atom. The summed E-state index contributed by atoms with van der Waals surface area (Å²) in [6, 6.07) is 12.3. The predicted molar refractivity (Wildman–Crippen MR) is 115 cm³/mol. The molecule has 0 saturated heterocycles. The van der Waals surface area contributed by atoms with Crippen LogP contribution in [0.3, 0.4) is 0 Å². The first-order chi connectivity index (χ1) is 14.1. The lowest BCUT2D eigenvalue weighted by Gasteiger charge is -2.51. The van der Waals surface area contributed by atoms with Gasteiger partial charge in [0.25, 0.3) is 0 Å². The molecule has 0 fully saturated rings. The molecule has 0 aromatic heterocycles. The molecule has 1 N–H and O–H groups in total. The second-order valence-electron chi connectivity index (χ2n) is 8.73. The molecule has 4 aliphatic rings. The minimum atomic E-state index is -0.841. The molecule has 3 nitrogen and oxygen atoms in total. The van der Waals surface area contributed by atoms with Crippen LogP contribution in [0.4, 0.5) is 5.69 Å². The SMILES string of the molecule is O=C(O)c1cc2c3c(c1)[C@H]1C=CC[C@H]1[C@@H](c1ccccc1Cl)N3C[C@H]1CC=C[C@H]21. The molecule has 2 aromatic carbocycles. The minimum Gasteiger partial charge on any atom is -0.478 e. The number of hydrogen-bond donors (Lipinski definition) is 1. The maximum Gasteiger partial charge on any atom is 0.335 e. The highest BCUT2D eigenvalue weighted by atomic mass is 35.5. The first-order valence-electron chi connectivity index (χ1n) is 10.4. The summed E-state index contributed by atoms with van der Waals surface area (Å²) in [7, 11) is 0. The Hall–Kier alpha value is -2.52. The maximum absolute atomic E-state index is 11.9. The first-order valence-corrected chi connectivity index (χ1v) is 10.8. The highest BCUT2D eigenvalue weighted by molar-refractivity contribution is 6.31. The van der Waals surface area contributed by atoms with Crippen LogP contribution in [0.5, 0.6) is 0 Å². The van der Waals surface area contributed by atoms with E-state index in [1.165, 1.54) is 22.4 Å². The van der Waals surface area contributed by atoms with E-state index >= 15 is 0 Å². The van der Waals surface area contributed by atoms with E-state index in [0.717, 1.165) is 24.4 Å². The van der Waals surface area contributed by atoms with Gasteiger partial charge in [0.05, 0.1) is 11.6 Å². The number of anilines is 1. The van der Waals surface area contributed by atoms with Gasteiger partial charge in [-0.25, -0.2) is 4.79 Å². The van der Waals surface area contributed by atoms with Gasteiger partial charge in [-0.05, 0) is 59.6 Å². The van der Waals surface area contributed by atoms with Crippen molar-refractivity contribution in [1.82, 2.24) is 0 Å². The molecule has 2 aliphatic heterocycles. The van der Waals surface area contributed by atoms with E-state index < -0.39 is 5.97 Å². The Bertz CT molecular complexity index is 1070. The van der Waals surface area contributed by atoms with Crippen LogP contribution in [-0.2, 0) is 0 Å². The molecule has 2 aliphatic carbocycles. The molecular weight excluding hydrogens is 382 g/mol. The van der Waals surface area contributed by atoms with E-state index in [2.05, 4.69) is 41.3 Å². The quantitative estimate of drug-likeness (QED) is 0.631. The third-order valence-electron chi connectivity index (χ3n) is 7.32. The standard InChI is InChI=1S/C25H22ClNO2/c26-22-10-2-1-6-19(22)23-18-9-4-8-17(18)21-12-15(25(28)29)11-20-16-7-3-5-14(16)13-27(23)24(20)21/h1-4,6-8,10-12,14,16-18,23H,5,9,13H2,(H,28,29)/t14-,16+,17+,18-,23+/m1/s1. The predicted octanol–water partition coefficient (Wildman–Crippen LogP) is 5.93. The van der Waals surface area contributed by atoms with E-state index in [0.29, 0.717) is 23.3 Å². The smallest absolute Gasteiger partial charge is 0.335 e. The molecular formula is C25H22ClNO2. The summed E-state index contributed by atoms with van der Waals surface area (Å²) < 4.78 is 0. The number of fused-ring (bicyclic) bond motifs is 4. The topological polar surface area (TPSA) is 40.5 Å². The number of carboxylic acids is 1. The summed E-state index contributed by atoms with van der Waals surface area (Å²) >= 11 is 6.70. The van der Waals surface area contributed by atoms with Crippen molar-refractivity contribution in [3.63, 3.8) is 0 Å². The van der Waals surface area contributed by atoms with Crippen molar-refractivity contribution in [2.24, 2.45) is 11.8 Å². The van der Waals surface area contributed by atoms with Crippen LogP contribution in [0, 0.1) is 11.8 Å². The van der Waals surface area contributed by atoms with Crippen LogP contribution < -0.4 is 4.90 Å². The second kappa shape index (κ2) is 6.24. The normalized spacial score (nSPS) is 30.8. The largest absolute Gasteiger partial charge is 0.478 e. The molecule has 146 valence electrons. The first kappa shape index (κ1) is 17.3. The maximum atomic E-state index is 11.9. The molecule has 4 heteroatoms.